The van der Waals surface area contributed by atoms with Crippen molar-refractivity contribution in [2.24, 2.45) is 0 Å². The third-order valence-electron chi connectivity index (χ3n) is 1.59. The van der Waals surface area contributed by atoms with Gasteiger partial charge in [-0.1, -0.05) is 0 Å². The summed E-state index contributed by atoms with van der Waals surface area (Å²) in [6.45, 7) is 0. The number of hydrogen-bond acceptors (Lipinski definition) is 4. The molecule has 0 aliphatic carbocycles. The van der Waals surface area contributed by atoms with Crippen LogP contribution in [0.2, 0.25) is 0 Å². The molecule has 62 valence electrons. The smallest absolute Gasteiger partial charge is 0.0675 e. The highest BCUT2D eigenvalue weighted by Crippen LogP contribution is 2.38. The molecule has 1 saturated heterocycles. The first-order chi connectivity index (χ1) is 5.45. The lowest BCUT2D eigenvalue weighted by Gasteiger charge is -2.24. The Morgan fingerprint density at radius 2 is 2.00 bits per heavy atom. The average molecular weight is 222 g/mol. The molecule has 0 aromatic rings. The molecule has 0 N–H and O–H groups in total. The van der Waals surface area contributed by atoms with Crippen molar-refractivity contribution in [3.63, 3.8) is 0 Å². The van der Waals surface area contributed by atoms with Crippen molar-refractivity contribution in [2.45, 2.75) is 9.83 Å². The van der Waals surface area contributed by atoms with Crippen molar-refractivity contribution < 1.29 is 0 Å². The van der Waals surface area contributed by atoms with Gasteiger partial charge in [0.2, 0.25) is 0 Å². The van der Waals surface area contributed by atoms with Gasteiger partial charge < -0.3 is 0 Å². The van der Waals surface area contributed by atoms with Gasteiger partial charge in [-0.05, 0) is 10.8 Å². The van der Waals surface area contributed by atoms with Crippen LogP contribution >= 0.6 is 47.0 Å². The molecule has 0 aromatic carbocycles. The first-order valence-corrected chi connectivity index (χ1v) is 7.69. The zero-order valence-electron chi connectivity index (χ0n) is 6.06. The van der Waals surface area contributed by atoms with E-state index in [4.69, 9.17) is 0 Å². The Hall–Kier alpha value is 1.14. The first-order valence-electron chi connectivity index (χ1n) is 3.60. The van der Waals surface area contributed by atoms with Gasteiger partial charge >= 0.3 is 0 Å². The topological polar surface area (TPSA) is 0 Å². The van der Waals surface area contributed by atoms with Gasteiger partial charge in [0.05, 0.1) is 4.58 Å². The fraction of sp³-hybridized carbons (Fsp3) is 0.714. The molecule has 0 atom stereocenters. The van der Waals surface area contributed by atoms with Gasteiger partial charge in [0.15, 0.2) is 0 Å². The van der Waals surface area contributed by atoms with Crippen LogP contribution in [0.3, 0.4) is 0 Å². The van der Waals surface area contributed by atoms with E-state index in [1.54, 1.807) is 0 Å². The summed E-state index contributed by atoms with van der Waals surface area (Å²) in [4.78, 5) is 0. The van der Waals surface area contributed by atoms with Gasteiger partial charge in [-0.15, -0.1) is 23.5 Å². The third kappa shape index (κ3) is 2.54. The summed E-state index contributed by atoms with van der Waals surface area (Å²) in [6.07, 6.45) is 0. The lowest BCUT2D eigenvalue weighted by atomic mass is 10.5. The second-order valence-electron chi connectivity index (χ2n) is 2.47. The predicted molar refractivity (Wildman–Crippen MR) is 61.7 cm³/mol. The zero-order chi connectivity index (χ0) is 7.52. The summed E-state index contributed by atoms with van der Waals surface area (Å²) in [5, 5.41) is 5.40. The third-order valence-corrected chi connectivity index (χ3v) is 7.41. The Bertz CT molecular complexity index is 145. The molecule has 0 nitrogen and oxygen atoms in total. The van der Waals surface area contributed by atoms with E-state index in [0.29, 0.717) is 0 Å². The first kappa shape index (κ1) is 8.73. The minimum Gasteiger partial charge on any atom is -0.160 e. The molecule has 0 spiro atoms. The summed E-state index contributed by atoms with van der Waals surface area (Å²) in [7, 11) is 0. The van der Waals surface area contributed by atoms with Crippen molar-refractivity contribution in [1.82, 2.24) is 0 Å². The molecule has 4 heteroatoms. The van der Waals surface area contributed by atoms with Crippen molar-refractivity contribution >= 4 is 47.0 Å². The molecular formula is C7H10S4. The van der Waals surface area contributed by atoms with Crippen LogP contribution in [0.25, 0.3) is 0 Å². The predicted octanol–water partition coefficient (Wildman–Crippen LogP) is 3.11. The van der Waals surface area contributed by atoms with Gasteiger partial charge in [0, 0.05) is 22.5 Å². The van der Waals surface area contributed by atoms with Crippen LogP contribution < -0.4 is 0 Å². The van der Waals surface area contributed by atoms with Crippen LogP contribution in [0.1, 0.15) is 0 Å². The van der Waals surface area contributed by atoms with Gasteiger partial charge in [-0.25, -0.2) is 0 Å². The Labute approximate surface area is 84.7 Å². The summed E-state index contributed by atoms with van der Waals surface area (Å²) in [5.74, 6) is 4.11. The molecule has 0 aromatic heterocycles. The zero-order valence-corrected chi connectivity index (χ0v) is 9.33. The summed E-state index contributed by atoms with van der Waals surface area (Å²) in [6, 6.07) is 0. The Morgan fingerprint density at radius 3 is 2.55 bits per heavy atom. The summed E-state index contributed by atoms with van der Waals surface area (Å²) in [5.41, 5.74) is 0. The molecule has 0 saturated carbocycles. The number of thioether (sulfide) groups is 4. The van der Waals surface area contributed by atoms with E-state index < -0.39 is 0 Å². The van der Waals surface area contributed by atoms with Crippen LogP contribution in [-0.4, -0.2) is 27.1 Å². The van der Waals surface area contributed by atoms with Crippen molar-refractivity contribution in [1.29, 1.82) is 0 Å². The maximum atomic E-state index is 2.21. The molecule has 0 radical (unpaired) electrons. The van der Waals surface area contributed by atoms with E-state index in [1.807, 2.05) is 23.5 Å². The normalized spacial score (nSPS) is 25.8. The quantitative estimate of drug-likeness (QED) is 0.719. The van der Waals surface area contributed by atoms with Crippen molar-refractivity contribution in [2.75, 3.05) is 17.3 Å². The SMILES string of the molecule is C1=CSC(CSC2CSC2)S1. The second-order valence-corrected chi connectivity index (χ2v) is 7.40. The van der Waals surface area contributed by atoms with Crippen molar-refractivity contribution in [3.8, 4) is 0 Å². The highest BCUT2D eigenvalue weighted by molar-refractivity contribution is 8.23. The van der Waals surface area contributed by atoms with E-state index in [2.05, 4.69) is 34.3 Å². The van der Waals surface area contributed by atoms with E-state index in [0.717, 1.165) is 9.83 Å². The van der Waals surface area contributed by atoms with Gasteiger partial charge in [-0.2, -0.15) is 23.5 Å². The van der Waals surface area contributed by atoms with Crippen LogP contribution in [0, 0.1) is 0 Å². The molecule has 11 heavy (non-hydrogen) atoms. The Morgan fingerprint density at radius 1 is 1.27 bits per heavy atom. The van der Waals surface area contributed by atoms with Crippen LogP contribution in [0.4, 0.5) is 0 Å². The second kappa shape index (κ2) is 4.40. The molecule has 1 fully saturated rings. The van der Waals surface area contributed by atoms with Gasteiger partial charge in [0.25, 0.3) is 0 Å². The van der Waals surface area contributed by atoms with Crippen LogP contribution in [0.5, 0.6) is 0 Å². The minimum absolute atomic E-state index is 0.811. The van der Waals surface area contributed by atoms with Gasteiger partial charge in [0.1, 0.15) is 0 Å². The maximum absolute atomic E-state index is 2.21. The lowest BCUT2D eigenvalue weighted by Crippen LogP contribution is -2.22. The van der Waals surface area contributed by atoms with E-state index in [-0.39, 0.29) is 0 Å². The molecule has 2 heterocycles. The monoisotopic (exact) mass is 222 g/mol. The molecule has 0 unspecified atom stereocenters. The van der Waals surface area contributed by atoms with Crippen LogP contribution in [-0.2, 0) is 0 Å². The highest BCUT2D eigenvalue weighted by Gasteiger charge is 2.21. The highest BCUT2D eigenvalue weighted by atomic mass is 32.2. The molecular weight excluding hydrogens is 212 g/mol. The lowest BCUT2D eigenvalue weighted by molar-refractivity contribution is 1.08. The van der Waals surface area contributed by atoms with E-state index in [9.17, 15) is 0 Å². The average Bonchev–Trinajstić information content (AvgIpc) is 2.36. The van der Waals surface area contributed by atoms with Gasteiger partial charge in [-0.3, -0.25) is 0 Å². The van der Waals surface area contributed by atoms with E-state index in [1.165, 1.54) is 17.3 Å². The molecule has 2 rings (SSSR count). The minimum atomic E-state index is 0.811. The van der Waals surface area contributed by atoms with E-state index >= 15 is 0 Å². The molecule has 2 aliphatic rings. The molecule has 2 aliphatic heterocycles. The Balaban J connectivity index is 1.58. The Kier molecular flexibility index (Phi) is 3.49. The molecule has 0 bridgehead atoms. The fourth-order valence-corrected chi connectivity index (χ4v) is 5.68. The molecule has 0 amide bonds. The largest absolute Gasteiger partial charge is 0.160 e. The standard InChI is InChI=1S/C7H10S4/c1-2-10-7(9-1)5-11-6-3-8-4-6/h1-2,6-7H,3-5H2. The fourth-order valence-electron chi connectivity index (χ4n) is 0.875. The van der Waals surface area contributed by atoms with Crippen LogP contribution in [0.15, 0.2) is 10.8 Å². The summed E-state index contributed by atoms with van der Waals surface area (Å²) >= 11 is 8.18. The number of rotatable bonds is 3. The summed E-state index contributed by atoms with van der Waals surface area (Å²) < 4.78 is 0.811. The maximum Gasteiger partial charge on any atom is 0.0675 e. The number of hydrogen-bond donors (Lipinski definition) is 0. The van der Waals surface area contributed by atoms with Crippen molar-refractivity contribution in [3.05, 3.63) is 10.8 Å².